The first-order valence-corrected chi connectivity index (χ1v) is 12.5. The summed E-state index contributed by atoms with van der Waals surface area (Å²) in [6, 6.07) is 9.09. The van der Waals surface area contributed by atoms with Gasteiger partial charge in [0.05, 0.1) is 17.0 Å². The second-order valence-electron chi connectivity index (χ2n) is 9.42. The Morgan fingerprint density at radius 2 is 2.08 bits per heavy atom. The van der Waals surface area contributed by atoms with Crippen LogP contribution in [-0.4, -0.2) is 47.8 Å². The molecule has 8 nitrogen and oxygen atoms in total. The Hall–Kier alpha value is -3.51. The molecule has 4 rings (SSSR count). The number of nitrogens with zero attached hydrogens (tertiary/aromatic N) is 2. The van der Waals surface area contributed by atoms with Crippen LogP contribution in [0.15, 0.2) is 30.3 Å². The van der Waals surface area contributed by atoms with Crippen molar-refractivity contribution in [3.8, 4) is 6.07 Å². The highest BCUT2D eigenvalue weighted by molar-refractivity contribution is 5.94. The Kier molecular flexibility index (Phi) is 8.16. The van der Waals surface area contributed by atoms with Crippen molar-refractivity contribution in [2.45, 2.75) is 62.8 Å². The lowest BCUT2D eigenvalue weighted by atomic mass is 9.90. The number of fused-ring (bicyclic) bond motifs is 1. The molecular formula is C27H31FN4O4. The maximum absolute atomic E-state index is 14.5. The number of nitrogens with one attached hydrogen (secondary N) is 2. The van der Waals surface area contributed by atoms with Gasteiger partial charge in [-0.15, -0.1) is 0 Å². The Morgan fingerprint density at radius 3 is 2.83 bits per heavy atom. The molecule has 1 aliphatic carbocycles. The fraction of sp³-hybridized carbons (Fsp3) is 0.481. The summed E-state index contributed by atoms with van der Waals surface area (Å²) < 4.78 is 20.1. The number of pyridine rings is 1. The zero-order valence-corrected chi connectivity index (χ0v) is 20.2. The van der Waals surface area contributed by atoms with Gasteiger partial charge in [-0.25, -0.2) is 14.2 Å². The quantitative estimate of drug-likeness (QED) is 0.386. The number of halogens is 1. The van der Waals surface area contributed by atoms with E-state index in [0.717, 1.165) is 50.2 Å². The number of rotatable bonds is 12. The Bertz CT molecular complexity index is 1160. The standard InChI is InChI=1S/C27H31FN4O4/c28-21-8-3-5-19(17-29)23(21)27(12-13-27)26(35)32-22(25(33)34)11-16-36-15-2-1-7-20-10-9-18-6-4-14-30-24(18)31-20/h3,5,8-10,22H,1-2,4,6-7,11-16H2,(H,30,31)(H,32,35)(H,33,34)/t22-/m0/s1. The molecule has 1 amide bonds. The van der Waals surface area contributed by atoms with E-state index >= 15 is 0 Å². The van der Waals surface area contributed by atoms with Crippen molar-refractivity contribution >= 4 is 17.7 Å². The second-order valence-corrected chi connectivity index (χ2v) is 9.42. The zero-order chi connectivity index (χ0) is 25.5. The smallest absolute Gasteiger partial charge is 0.326 e. The largest absolute Gasteiger partial charge is 0.480 e. The number of carbonyl (C=O) groups excluding carboxylic acids is 1. The van der Waals surface area contributed by atoms with Gasteiger partial charge >= 0.3 is 5.97 Å². The van der Waals surface area contributed by atoms with E-state index in [-0.39, 0.29) is 24.2 Å². The number of aliphatic carboxylic acids is 1. The molecule has 1 aliphatic heterocycles. The SMILES string of the molecule is N#Cc1cccc(F)c1C1(C(=O)N[C@@H](CCOCCCCc2ccc3c(n2)NCCC3)C(=O)O)CC1. The number of aryl methyl sites for hydroxylation is 2. The predicted molar refractivity (Wildman–Crippen MR) is 131 cm³/mol. The van der Waals surface area contributed by atoms with Gasteiger partial charge in [0, 0.05) is 37.4 Å². The van der Waals surface area contributed by atoms with Gasteiger partial charge in [-0.05, 0) is 68.7 Å². The topological polar surface area (TPSA) is 124 Å². The van der Waals surface area contributed by atoms with E-state index in [2.05, 4.69) is 27.8 Å². The minimum absolute atomic E-state index is 0.0505. The molecule has 2 aromatic rings. The van der Waals surface area contributed by atoms with Crippen LogP contribution in [0.25, 0.3) is 0 Å². The van der Waals surface area contributed by atoms with Gasteiger partial charge < -0.3 is 20.5 Å². The number of ether oxygens (including phenoxy) is 1. The highest BCUT2D eigenvalue weighted by Crippen LogP contribution is 2.50. The molecule has 0 unspecified atom stereocenters. The Balaban J connectivity index is 1.20. The molecule has 3 N–H and O–H groups in total. The van der Waals surface area contributed by atoms with Gasteiger partial charge in [-0.1, -0.05) is 12.1 Å². The molecule has 2 heterocycles. The number of aromatic nitrogens is 1. The third kappa shape index (κ3) is 5.82. The van der Waals surface area contributed by atoms with Crippen LogP contribution in [0.4, 0.5) is 10.2 Å². The number of nitriles is 1. The fourth-order valence-corrected chi connectivity index (χ4v) is 4.69. The molecule has 190 valence electrons. The van der Waals surface area contributed by atoms with E-state index in [4.69, 9.17) is 4.74 Å². The fourth-order valence-electron chi connectivity index (χ4n) is 4.69. The lowest BCUT2D eigenvalue weighted by molar-refractivity contribution is -0.142. The molecule has 1 saturated carbocycles. The predicted octanol–water partition coefficient (Wildman–Crippen LogP) is 3.48. The average Bonchev–Trinajstić information content (AvgIpc) is 3.68. The summed E-state index contributed by atoms with van der Waals surface area (Å²) in [5.74, 6) is -1.38. The van der Waals surface area contributed by atoms with Crippen molar-refractivity contribution < 1.29 is 23.8 Å². The van der Waals surface area contributed by atoms with E-state index in [1.807, 2.05) is 6.07 Å². The monoisotopic (exact) mass is 494 g/mol. The number of hydrogen-bond donors (Lipinski definition) is 3. The van der Waals surface area contributed by atoms with Crippen LogP contribution in [0, 0.1) is 17.1 Å². The first-order chi connectivity index (χ1) is 17.4. The van der Waals surface area contributed by atoms with Crippen LogP contribution in [0.1, 0.15) is 60.9 Å². The van der Waals surface area contributed by atoms with Crippen LogP contribution >= 0.6 is 0 Å². The number of carboxylic acids is 1. The number of amides is 1. The van der Waals surface area contributed by atoms with Crippen LogP contribution in [0.3, 0.4) is 0 Å². The zero-order valence-electron chi connectivity index (χ0n) is 20.2. The van der Waals surface area contributed by atoms with Gasteiger partial charge in [0.2, 0.25) is 5.91 Å². The molecule has 1 atom stereocenters. The molecule has 36 heavy (non-hydrogen) atoms. The molecule has 0 saturated heterocycles. The van der Waals surface area contributed by atoms with Gasteiger partial charge in [-0.3, -0.25) is 4.79 Å². The number of hydrogen-bond acceptors (Lipinski definition) is 6. The van der Waals surface area contributed by atoms with Gasteiger partial charge in [-0.2, -0.15) is 5.26 Å². The highest BCUT2D eigenvalue weighted by Gasteiger charge is 2.54. The summed E-state index contributed by atoms with van der Waals surface area (Å²) in [6.07, 6.45) is 5.57. The van der Waals surface area contributed by atoms with Gasteiger partial charge in [0.1, 0.15) is 17.7 Å². The summed E-state index contributed by atoms with van der Waals surface area (Å²) in [6.45, 7) is 1.61. The normalized spacial score (nSPS) is 16.2. The van der Waals surface area contributed by atoms with Crippen LogP contribution in [0.5, 0.6) is 0 Å². The van der Waals surface area contributed by atoms with Crippen LogP contribution in [0.2, 0.25) is 0 Å². The van der Waals surface area contributed by atoms with E-state index in [1.165, 1.54) is 23.8 Å². The minimum atomic E-state index is -1.19. The first kappa shape index (κ1) is 25.6. The minimum Gasteiger partial charge on any atom is -0.480 e. The third-order valence-corrected chi connectivity index (χ3v) is 6.87. The molecular weight excluding hydrogens is 463 g/mol. The van der Waals surface area contributed by atoms with Crippen LogP contribution < -0.4 is 10.6 Å². The summed E-state index contributed by atoms with van der Waals surface area (Å²) in [5, 5.41) is 24.8. The van der Waals surface area contributed by atoms with E-state index in [1.54, 1.807) is 0 Å². The number of unbranched alkanes of at least 4 members (excludes halogenated alkanes) is 1. The van der Waals surface area contributed by atoms with Gasteiger partial charge in [0.15, 0.2) is 0 Å². The van der Waals surface area contributed by atoms with E-state index < -0.39 is 29.2 Å². The van der Waals surface area contributed by atoms with E-state index in [0.29, 0.717) is 19.4 Å². The van der Waals surface area contributed by atoms with Crippen molar-refractivity contribution in [2.24, 2.45) is 0 Å². The first-order valence-electron chi connectivity index (χ1n) is 12.5. The molecule has 1 aromatic carbocycles. The third-order valence-electron chi connectivity index (χ3n) is 6.87. The second kappa shape index (κ2) is 11.5. The molecule has 0 bridgehead atoms. The molecule has 0 spiro atoms. The summed E-state index contributed by atoms with van der Waals surface area (Å²) in [5.41, 5.74) is 1.26. The summed E-state index contributed by atoms with van der Waals surface area (Å²) in [4.78, 5) is 29.4. The number of carbonyl (C=O) groups is 2. The van der Waals surface area contributed by atoms with Crippen molar-refractivity contribution in [1.82, 2.24) is 10.3 Å². The summed E-state index contributed by atoms with van der Waals surface area (Å²) in [7, 11) is 0. The number of anilines is 1. The number of carboxylic acid groups (broad SMARTS) is 1. The Morgan fingerprint density at radius 1 is 1.25 bits per heavy atom. The summed E-state index contributed by atoms with van der Waals surface area (Å²) >= 11 is 0. The van der Waals surface area contributed by atoms with Crippen molar-refractivity contribution in [3.05, 3.63) is 58.5 Å². The van der Waals surface area contributed by atoms with Crippen molar-refractivity contribution in [2.75, 3.05) is 25.1 Å². The maximum atomic E-state index is 14.5. The van der Waals surface area contributed by atoms with Crippen molar-refractivity contribution in [1.29, 1.82) is 5.26 Å². The molecule has 2 aliphatic rings. The lowest BCUT2D eigenvalue weighted by Gasteiger charge is -2.21. The van der Waals surface area contributed by atoms with Crippen molar-refractivity contribution in [3.63, 3.8) is 0 Å². The molecule has 1 aromatic heterocycles. The average molecular weight is 495 g/mol. The molecule has 9 heteroatoms. The Labute approximate surface area is 209 Å². The van der Waals surface area contributed by atoms with Crippen LogP contribution in [-0.2, 0) is 32.6 Å². The van der Waals surface area contributed by atoms with E-state index in [9.17, 15) is 24.3 Å². The molecule has 1 fully saturated rings. The maximum Gasteiger partial charge on any atom is 0.326 e. The molecule has 0 radical (unpaired) electrons. The number of benzene rings is 1. The highest BCUT2D eigenvalue weighted by atomic mass is 19.1. The lowest BCUT2D eigenvalue weighted by Crippen LogP contribution is -2.46. The van der Waals surface area contributed by atoms with Gasteiger partial charge in [0.25, 0.3) is 0 Å².